The molecule has 3 aromatic carbocycles. The van der Waals surface area contributed by atoms with E-state index in [1.165, 1.54) is 0 Å². The first-order valence-electron chi connectivity index (χ1n) is 12.4. The summed E-state index contributed by atoms with van der Waals surface area (Å²) in [7, 11) is 0. The number of nitrogens with zero attached hydrogens (tertiary/aromatic N) is 1. The molecule has 1 unspecified atom stereocenters. The van der Waals surface area contributed by atoms with Crippen LogP contribution in [0.5, 0.6) is 11.5 Å². The van der Waals surface area contributed by atoms with Gasteiger partial charge in [0.1, 0.15) is 17.8 Å². The number of aromatic nitrogens is 1. The van der Waals surface area contributed by atoms with Gasteiger partial charge in [-0.2, -0.15) is 4.90 Å². The molecule has 7 nitrogen and oxygen atoms in total. The number of aromatic amines is 1. The van der Waals surface area contributed by atoms with Crippen LogP contribution in [0.25, 0.3) is 11.0 Å². The Balaban J connectivity index is 1.49. The Labute approximate surface area is 218 Å². The molecule has 188 valence electrons. The third-order valence-corrected chi connectivity index (χ3v) is 6.55. The van der Waals surface area contributed by atoms with Crippen molar-refractivity contribution in [2.24, 2.45) is 0 Å². The average molecular weight is 506 g/mol. The Morgan fingerprint density at radius 3 is 2.45 bits per heavy atom. The highest BCUT2D eigenvalue weighted by Gasteiger charge is 2.50. The molecule has 3 heterocycles. The highest BCUT2D eigenvalue weighted by molar-refractivity contribution is 6.09. The number of fused-ring (bicyclic) bond motifs is 2. The highest BCUT2D eigenvalue weighted by Crippen LogP contribution is 2.42. The lowest BCUT2D eigenvalue weighted by Gasteiger charge is -2.19. The summed E-state index contributed by atoms with van der Waals surface area (Å²) in [5.74, 6) is 1.30. The van der Waals surface area contributed by atoms with Gasteiger partial charge in [0.05, 0.1) is 18.2 Å². The predicted molar refractivity (Wildman–Crippen MR) is 143 cm³/mol. The normalized spacial score (nSPS) is 14.5. The van der Waals surface area contributed by atoms with Gasteiger partial charge >= 0.3 is 5.91 Å². The molecule has 6 rings (SSSR count). The van der Waals surface area contributed by atoms with Gasteiger partial charge < -0.3 is 13.9 Å². The van der Waals surface area contributed by atoms with Crippen LogP contribution in [0.15, 0.2) is 106 Å². The van der Waals surface area contributed by atoms with Gasteiger partial charge in [0, 0.05) is 11.6 Å². The molecular weight excluding hydrogens is 480 g/mol. The fraction of sp³-hybridized carbons (Fsp3) is 0.129. The van der Waals surface area contributed by atoms with E-state index in [9.17, 15) is 9.59 Å². The molecular formula is C31H25N2O5+. The smallest absolute Gasteiger partial charge is 0.378 e. The SMILES string of the molecule is CCOc1cc(C2c3c(oc4ccccc4c3=O)C(=O)N2c2cccc[nH+]2)ccc1OCc1ccccc1. The molecule has 0 radical (unpaired) electrons. The van der Waals surface area contributed by atoms with Crippen LogP contribution in [0.4, 0.5) is 5.82 Å². The van der Waals surface area contributed by atoms with Gasteiger partial charge in [0.2, 0.25) is 11.2 Å². The van der Waals surface area contributed by atoms with Gasteiger partial charge in [0.25, 0.3) is 5.82 Å². The van der Waals surface area contributed by atoms with E-state index in [-0.39, 0.29) is 11.2 Å². The first-order valence-corrected chi connectivity index (χ1v) is 12.4. The minimum Gasteiger partial charge on any atom is -0.490 e. The van der Waals surface area contributed by atoms with Crippen molar-refractivity contribution in [3.63, 3.8) is 0 Å². The van der Waals surface area contributed by atoms with E-state index < -0.39 is 11.9 Å². The Morgan fingerprint density at radius 2 is 1.66 bits per heavy atom. The molecule has 0 fully saturated rings. The molecule has 38 heavy (non-hydrogen) atoms. The zero-order chi connectivity index (χ0) is 26.1. The average Bonchev–Trinajstić information content (AvgIpc) is 3.26. The van der Waals surface area contributed by atoms with Crippen LogP contribution in [0.1, 0.15) is 40.2 Å². The van der Waals surface area contributed by atoms with E-state index in [2.05, 4.69) is 4.98 Å². The van der Waals surface area contributed by atoms with E-state index in [1.54, 1.807) is 41.4 Å². The number of para-hydroxylation sites is 1. The van der Waals surface area contributed by atoms with Gasteiger partial charge in [-0.1, -0.05) is 54.6 Å². The number of hydrogen-bond donors (Lipinski definition) is 0. The minimum atomic E-state index is -0.723. The molecule has 0 saturated carbocycles. The van der Waals surface area contributed by atoms with Crippen molar-refractivity contribution < 1.29 is 23.7 Å². The number of nitrogens with one attached hydrogen (secondary N) is 1. The first-order chi connectivity index (χ1) is 18.7. The maximum atomic E-state index is 13.8. The Morgan fingerprint density at radius 1 is 0.868 bits per heavy atom. The fourth-order valence-corrected chi connectivity index (χ4v) is 4.83. The van der Waals surface area contributed by atoms with Crippen molar-refractivity contribution in [2.45, 2.75) is 19.6 Å². The number of H-pyrrole nitrogens is 1. The van der Waals surface area contributed by atoms with E-state index in [4.69, 9.17) is 13.9 Å². The van der Waals surface area contributed by atoms with Crippen LogP contribution >= 0.6 is 0 Å². The van der Waals surface area contributed by atoms with Gasteiger partial charge in [-0.25, -0.2) is 9.78 Å². The molecule has 0 bridgehead atoms. The minimum absolute atomic E-state index is 0.0401. The third-order valence-electron chi connectivity index (χ3n) is 6.55. The lowest BCUT2D eigenvalue weighted by Crippen LogP contribution is -2.33. The van der Waals surface area contributed by atoms with E-state index >= 15 is 0 Å². The molecule has 5 aromatic rings. The second-order valence-corrected chi connectivity index (χ2v) is 8.91. The van der Waals surface area contributed by atoms with Crippen LogP contribution in [0.3, 0.4) is 0 Å². The summed E-state index contributed by atoms with van der Waals surface area (Å²) in [6.07, 6.45) is 1.74. The number of amides is 1. The maximum Gasteiger partial charge on any atom is 0.378 e. The molecule has 0 spiro atoms. The standard InChI is InChI=1S/C31H24N2O5/c1-2-36-25-18-21(15-16-24(25)37-19-20-10-4-3-5-11-20)28-27-29(34)22-12-6-7-13-23(22)38-30(27)31(35)33(28)26-14-8-9-17-32-26/h3-18,28H,2,19H2,1H3/p+1. The van der Waals surface area contributed by atoms with Crippen molar-refractivity contribution in [3.05, 3.63) is 130 Å². The topological polar surface area (TPSA) is 83.1 Å². The molecule has 7 heteroatoms. The highest BCUT2D eigenvalue weighted by atomic mass is 16.5. The summed E-state index contributed by atoms with van der Waals surface area (Å²) in [6, 6.07) is 27.1. The predicted octanol–water partition coefficient (Wildman–Crippen LogP) is 5.33. The van der Waals surface area contributed by atoms with Gasteiger partial charge in [-0.05, 0) is 42.8 Å². The second-order valence-electron chi connectivity index (χ2n) is 8.91. The largest absolute Gasteiger partial charge is 0.490 e. The monoisotopic (exact) mass is 505 g/mol. The lowest BCUT2D eigenvalue weighted by atomic mass is 9.98. The van der Waals surface area contributed by atoms with Gasteiger partial charge in [0.15, 0.2) is 17.5 Å². The Bertz CT molecular complexity index is 1680. The molecule has 1 aliphatic rings. The van der Waals surface area contributed by atoms with Crippen LogP contribution in [-0.4, -0.2) is 12.5 Å². The quantitative estimate of drug-likeness (QED) is 0.298. The summed E-state index contributed by atoms with van der Waals surface area (Å²) in [5.41, 5.74) is 2.17. The summed E-state index contributed by atoms with van der Waals surface area (Å²) in [4.78, 5) is 32.2. The van der Waals surface area contributed by atoms with Crippen molar-refractivity contribution in [2.75, 3.05) is 11.5 Å². The molecule has 1 amide bonds. The summed E-state index contributed by atoms with van der Waals surface area (Å²) in [5, 5.41) is 0.427. The number of benzene rings is 3. The number of carbonyl (C=O) groups is 1. The Hall–Kier alpha value is -4.91. The maximum absolute atomic E-state index is 13.8. The zero-order valence-corrected chi connectivity index (χ0v) is 20.7. The molecule has 1 aliphatic heterocycles. The molecule has 1 N–H and O–H groups in total. The summed E-state index contributed by atoms with van der Waals surface area (Å²) < 4.78 is 18.1. The lowest BCUT2D eigenvalue weighted by molar-refractivity contribution is -0.363. The van der Waals surface area contributed by atoms with E-state index in [0.29, 0.717) is 52.6 Å². The van der Waals surface area contributed by atoms with Crippen LogP contribution < -0.4 is 24.8 Å². The number of pyridine rings is 1. The number of rotatable bonds is 7. The van der Waals surface area contributed by atoms with Gasteiger partial charge in [-0.15, -0.1) is 0 Å². The van der Waals surface area contributed by atoms with Crippen LogP contribution in [-0.2, 0) is 6.61 Å². The zero-order valence-electron chi connectivity index (χ0n) is 20.7. The number of carbonyl (C=O) groups excluding carboxylic acids is 1. The van der Waals surface area contributed by atoms with Crippen LogP contribution in [0, 0.1) is 0 Å². The Kier molecular flexibility index (Phi) is 6.09. The van der Waals surface area contributed by atoms with Crippen molar-refractivity contribution >= 4 is 22.7 Å². The first kappa shape index (κ1) is 23.5. The second kappa shape index (κ2) is 9.86. The van der Waals surface area contributed by atoms with Gasteiger partial charge in [-0.3, -0.25) is 4.79 Å². The molecule has 0 saturated heterocycles. The number of anilines is 1. The molecule has 2 aromatic heterocycles. The molecule has 1 atom stereocenters. The van der Waals surface area contributed by atoms with E-state index in [0.717, 1.165) is 5.56 Å². The molecule has 0 aliphatic carbocycles. The summed E-state index contributed by atoms with van der Waals surface area (Å²) >= 11 is 0. The number of hydrogen-bond acceptors (Lipinski definition) is 5. The van der Waals surface area contributed by atoms with Crippen molar-refractivity contribution in [1.29, 1.82) is 0 Å². The third kappa shape index (κ3) is 4.08. The fourth-order valence-electron chi connectivity index (χ4n) is 4.83. The summed E-state index contributed by atoms with van der Waals surface area (Å²) in [6.45, 7) is 2.70. The van der Waals surface area contributed by atoms with Crippen LogP contribution in [0.2, 0.25) is 0 Å². The van der Waals surface area contributed by atoms with Crippen molar-refractivity contribution in [1.82, 2.24) is 0 Å². The van der Waals surface area contributed by atoms with Crippen molar-refractivity contribution in [3.8, 4) is 11.5 Å². The number of ether oxygens (including phenoxy) is 2. The van der Waals surface area contributed by atoms with E-state index in [1.807, 2.05) is 67.6 Å².